The van der Waals surface area contributed by atoms with Gasteiger partial charge < -0.3 is 9.69 Å². The molecule has 0 radical (unpaired) electrons. The standard InChI is InChI=1S/C17H16N2O2/c20-13-12-19(14-16-8-4-5-11-18-16)17(21)10-9-15-6-2-1-3-7-15/h1-11,13H,12,14H2/b10-9+. The van der Waals surface area contributed by atoms with Crippen molar-refractivity contribution in [1.82, 2.24) is 9.88 Å². The zero-order valence-corrected chi connectivity index (χ0v) is 11.6. The molecule has 0 unspecified atom stereocenters. The number of aldehydes is 1. The minimum atomic E-state index is -0.211. The van der Waals surface area contributed by atoms with E-state index in [-0.39, 0.29) is 12.5 Å². The van der Waals surface area contributed by atoms with E-state index in [1.54, 1.807) is 12.3 Å². The first-order valence-corrected chi connectivity index (χ1v) is 6.65. The highest BCUT2D eigenvalue weighted by molar-refractivity contribution is 5.92. The summed E-state index contributed by atoms with van der Waals surface area (Å²) in [4.78, 5) is 28.5. The van der Waals surface area contributed by atoms with Crippen LogP contribution in [0.3, 0.4) is 0 Å². The summed E-state index contributed by atoms with van der Waals surface area (Å²) in [5, 5.41) is 0. The van der Waals surface area contributed by atoms with Gasteiger partial charge in [-0.2, -0.15) is 0 Å². The molecule has 4 nitrogen and oxygen atoms in total. The zero-order valence-electron chi connectivity index (χ0n) is 11.6. The lowest BCUT2D eigenvalue weighted by Crippen LogP contribution is -2.31. The third-order valence-corrected chi connectivity index (χ3v) is 2.90. The van der Waals surface area contributed by atoms with Gasteiger partial charge in [-0.25, -0.2) is 0 Å². The molecule has 0 aliphatic heterocycles. The quantitative estimate of drug-likeness (QED) is 0.602. The van der Waals surface area contributed by atoms with Gasteiger partial charge in [0.25, 0.3) is 0 Å². The van der Waals surface area contributed by atoms with Crippen LogP contribution >= 0.6 is 0 Å². The molecular weight excluding hydrogens is 264 g/mol. The fraction of sp³-hybridized carbons (Fsp3) is 0.118. The van der Waals surface area contributed by atoms with Gasteiger partial charge in [0.2, 0.25) is 5.91 Å². The van der Waals surface area contributed by atoms with Crippen LogP contribution in [0.25, 0.3) is 6.08 Å². The molecule has 0 atom stereocenters. The Morgan fingerprint density at radius 1 is 1.10 bits per heavy atom. The Balaban J connectivity index is 2.05. The minimum Gasteiger partial charge on any atom is -0.326 e. The van der Waals surface area contributed by atoms with Crippen LogP contribution in [-0.4, -0.2) is 28.6 Å². The maximum Gasteiger partial charge on any atom is 0.247 e. The second-order valence-electron chi connectivity index (χ2n) is 4.45. The van der Waals surface area contributed by atoms with E-state index in [9.17, 15) is 9.59 Å². The maximum absolute atomic E-state index is 12.2. The Kier molecular flexibility index (Phi) is 5.41. The van der Waals surface area contributed by atoms with Gasteiger partial charge in [-0.3, -0.25) is 9.78 Å². The molecule has 106 valence electrons. The van der Waals surface area contributed by atoms with Gasteiger partial charge in [-0.15, -0.1) is 0 Å². The summed E-state index contributed by atoms with van der Waals surface area (Å²) in [6.07, 6.45) is 5.59. The van der Waals surface area contributed by atoms with Crippen LogP contribution in [0.4, 0.5) is 0 Å². The molecule has 1 heterocycles. The summed E-state index contributed by atoms with van der Waals surface area (Å²) in [7, 11) is 0. The topological polar surface area (TPSA) is 50.3 Å². The third-order valence-electron chi connectivity index (χ3n) is 2.90. The Hall–Kier alpha value is -2.75. The lowest BCUT2D eigenvalue weighted by Gasteiger charge is -2.17. The molecule has 0 aliphatic carbocycles. The largest absolute Gasteiger partial charge is 0.326 e. The molecule has 0 bridgehead atoms. The normalized spacial score (nSPS) is 10.5. The molecule has 2 rings (SSSR count). The average molecular weight is 280 g/mol. The summed E-state index contributed by atoms with van der Waals surface area (Å²) < 4.78 is 0. The first-order valence-electron chi connectivity index (χ1n) is 6.65. The summed E-state index contributed by atoms with van der Waals surface area (Å²) in [5.41, 5.74) is 1.69. The van der Waals surface area contributed by atoms with Crippen molar-refractivity contribution in [3.8, 4) is 0 Å². The predicted molar refractivity (Wildman–Crippen MR) is 81.2 cm³/mol. The van der Waals surface area contributed by atoms with Crippen molar-refractivity contribution in [2.45, 2.75) is 6.54 Å². The number of aromatic nitrogens is 1. The molecule has 0 spiro atoms. The van der Waals surface area contributed by atoms with Gasteiger partial charge in [0.15, 0.2) is 0 Å². The van der Waals surface area contributed by atoms with E-state index in [1.807, 2.05) is 48.5 Å². The molecule has 0 N–H and O–H groups in total. The molecule has 1 aromatic heterocycles. The number of carbonyl (C=O) groups excluding carboxylic acids is 2. The summed E-state index contributed by atoms with van der Waals surface area (Å²) in [6.45, 7) is 0.367. The smallest absolute Gasteiger partial charge is 0.247 e. The zero-order chi connectivity index (χ0) is 14.9. The van der Waals surface area contributed by atoms with Crippen LogP contribution in [0.15, 0.2) is 60.8 Å². The fourth-order valence-corrected chi connectivity index (χ4v) is 1.85. The van der Waals surface area contributed by atoms with Crippen LogP contribution in [0.2, 0.25) is 0 Å². The second-order valence-corrected chi connectivity index (χ2v) is 4.45. The van der Waals surface area contributed by atoms with Gasteiger partial charge in [0, 0.05) is 12.3 Å². The van der Waals surface area contributed by atoms with E-state index in [0.29, 0.717) is 6.54 Å². The molecule has 0 fully saturated rings. The molecule has 0 saturated heterocycles. The van der Waals surface area contributed by atoms with Crippen LogP contribution < -0.4 is 0 Å². The highest BCUT2D eigenvalue weighted by Crippen LogP contribution is 2.05. The van der Waals surface area contributed by atoms with Crippen molar-refractivity contribution in [3.63, 3.8) is 0 Å². The molecule has 4 heteroatoms. The predicted octanol–water partition coefficient (Wildman–Crippen LogP) is 2.32. The molecule has 2 aromatic rings. The minimum absolute atomic E-state index is 0.0501. The molecular formula is C17H16N2O2. The van der Waals surface area contributed by atoms with E-state index in [0.717, 1.165) is 17.5 Å². The number of amides is 1. The van der Waals surface area contributed by atoms with Crippen LogP contribution in [0, 0.1) is 0 Å². The maximum atomic E-state index is 12.2. The summed E-state index contributed by atoms with van der Waals surface area (Å²) in [6, 6.07) is 15.0. The highest BCUT2D eigenvalue weighted by Gasteiger charge is 2.11. The van der Waals surface area contributed by atoms with Crippen molar-refractivity contribution in [1.29, 1.82) is 0 Å². The Morgan fingerprint density at radius 2 is 1.86 bits per heavy atom. The fourth-order valence-electron chi connectivity index (χ4n) is 1.85. The molecule has 1 aromatic carbocycles. The second kappa shape index (κ2) is 7.75. The van der Waals surface area contributed by atoms with Gasteiger partial charge in [0.1, 0.15) is 6.29 Å². The van der Waals surface area contributed by atoms with Crippen molar-refractivity contribution in [2.75, 3.05) is 6.54 Å². The van der Waals surface area contributed by atoms with E-state index in [1.165, 1.54) is 11.0 Å². The summed E-state index contributed by atoms with van der Waals surface area (Å²) in [5.74, 6) is -0.211. The van der Waals surface area contributed by atoms with Crippen LogP contribution in [0.5, 0.6) is 0 Å². The van der Waals surface area contributed by atoms with Gasteiger partial charge in [0.05, 0.1) is 18.8 Å². The van der Waals surface area contributed by atoms with Crippen molar-refractivity contribution in [2.24, 2.45) is 0 Å². The Labute approximate surface area is 123 Å². The monoisotopic (exact) mass is 280 g/mol. The molecule has 0 saturated carbocycles. The average Bonchev–Trinajstić information content (AvgIpc) is 2.54. The van der Waals surface area contributed by atoms with Gasteiger partial charge in [-0.05, 0) is 23.8 Å². The number of rotatable bonds is 6. The van der Waals surface area contributed by atoms with E-state index < -0.39 is 0 Å². The number of hydrogen-bond acceptors (Lipinski definition) is 3. The molecule has 1 amide bonds. The van der Waals surface area contributed by atoms with Gasteiger partial charge >= 0.3 is 0 Å². The number of pyridine rings is 1. The Bertz CT molecular complexity index is 609. The highest BCUT2D eigenvalue weighted by atomic mass is 16.2. The number of nitrogens with zero attached hydrogens (tertiary/aromatic N) is 2. The van der Waals surface area contributed by atoms with E-state index in [2.05, 4.69) is 4.98 Å². The number of benzene rings is 1. The lowest BCUT2D eigenvalue weighted by atomic mass is 10.2. The Morgan fingerprint density at radius 3 is 2.52 bits per heavy atom. The van der Waals surface area contributed by atoms with Crippen molar-refractivity contribution < 1.29 is 9.59 Å². The lowest BCUT2D eigenvalue weighted by molar-refractivity contribution is -0.129. The third kappa shape index (κ3) is 4.69. The molecule has 0 aliphatic rings. The van der Waals surface area contributed by atoms with E-state index >= 15 is 0 Å². The van der Waals surface area contributed by atoms with Crippen molar-refractivity contribution >= 4 is 18.3 Å². The van der Waals surface area contributed by atoms with Crippen molar-refractivity contribution in [3.05, 3.63) is 72.1 Å². The van der Waals surface area contributed by atoms with Crippen LogP contribution in [0.1, 0.15) is 11.3 Å². The van der Waals surface area contributed by atoms with E-state index in [4.69, 9.17) is 0 Å². The number of hydrogen-bond donors (Lipinski definition) is 0. The first kappa shape index (κ1) is 14.7. The summed E-state index contributed by atoms with van der Waals surface area (Å²) >= 11 is 0. The first-order chi connectivity index (χ1) is 10.3. The van der Waals surface area contributed by atoms with Gasteiger partial charge in [-0.1, -0.05) is 36.4 Å². The SMILES string of the molecule is O=CCN(Cc1ccccn1)C(=O)/C=C/c1ccccc1. The number of carbonyl (C=O) groups is 2. The van der Waals surface area contributed by atoms with Crippen LogP contribution in [-0.2, 0) is 16.1 Å². The molecule has 21 heavy (non-hydrogen) atoms.